The highest BCUT2D eigenvalue weighted by molar-refractivity contribution is 5.75. The van der Waals surface area contributed by atoms with Crippen LogP contribution in [0.25, 0.3) is 0 Å². The highest BCUT2D eigenvalue weighted by Gasteiger charge is 2.23. The van der Waals surface area contributed by atoms with E-state index in [1.165, 1.54) is 6.42 Å². The van der Waals surface area contributed by atoms with E-state index in [1.807, 2.05) is 13.8 Å². The van der Waals surface area contributed by atoms with Crippen molar-refractivity contribution in [3.63, 3.8) is 0 Å². The zero-order valence-electron chi connectivity index (χ0n) is 12.1. The molecule has 19 heavy (non-hydrogen) atoms. The summed E-state index contributed by atoms with van der Waals surface area (Å²) in [6, 6.07) is 0.231. The number of carboxylic acids is 1. The van der Waals surface area contributed by atoms with Crippen molar-refractivity contribution in [1.82, 2.24) is 15.1 Å². The van der Waals surface area contributed by atoms with Crippen molar-refractivity contribution in [3.05, 3.63) is 0 Å². The maximum atomic E-state index is 12.1. The molecule has 1 aliphatic rings. The van der Waals surface area contributed by atoms with E-state index in [-0.39, 0.29) is 25.0 Å². The molecule has 1 atom stereocenters. The second kappa shape index (κ2) is 7.33. The second-order valence-electron chi connectivity index (χ2n) is 5.39. The summed E-state index contributed by atoms with van der Waals surface area (Å²) in [7, 11) is 2.06. The summed E-state index contributed by atoms with van der Waals surface area (Å²) in [4.78, 5) is 26.5. The van der Waals surface area contributed by atoms with Crippen molar-refractivity contribution in [1.29, 1.82) is 0 Å². The van der Waals surface area contributed by atoms with Crippen molar-refractivity contribution in [2.75, 3.05) is 26.7 Å². The summed E-state index contributed by atoms with van der Waals surface area (Å²) < 4.78 is 0. The molecule has 0 bridgehead atoms. The second-order valence-corrected chi connectivity index (χ2v) is 5.39. The third-order valence-electron chi connectivity index (χ3n) is 3.61. The van der Waals surface area contributed by atoms with Crippen LogP contribution in [0.3, 0.4) is 0 Å². The van der Waals surface area contributed by atoms with Gasteiger partial charge in [0.2, 0.25) is 0 Å². The summed E-state index contributed by atoms with van der Waals surface area (Å²) in [5, 5.41) is 11.6. The molecule has 0 aliphatic carbocycles. The number of hydrogen-bond donors (Lipinski definition) is 2. The minimum atomic E-state index is -0.881. The van der Waals surface area contributed by atoms with Gasteiger partial charge in [0.1, 0.15) is 0 Å². The first-order valence-corrected chi connectivity index (χ1v) is 6.88. The Kier molecular flexibility index (Phi) is 6.08. The van der Waals surface area contributed by atoms with E-state index in [2.05, 4.69) is 17.3 Å². The highest BCUT2D eigenvalue weighted by atomic mass is 16.4. The average molecular weight is 271 g/mol. The van der Waals surface area contributed by atoms with Crippen LogP contribution in [0.5, 0.6) is 0 Å². The molecule has 1 rings (SSSR count). The predicted molar refractivity (Wildman–Crippen MR) is 73.1 cm³/mol. The largest absolute Gasteiger partial charge is 0.481 e. The number of nitrogens with one attached hydrogen (secondary N) is 1. The van der Waals surface area contributed by atoms with Crippen LogP contribution < -0.4 is 5.32 Å². The molecule has 2 N–H and O–H groups in total. The molecule has 2 amide bonds. The number of carbonyl (C=O) groups excluding carboxylic acids is 1. The van der Waals surface area contributed by atoms with Crippen LogP contribution in [0.4, 0.5) is 4.79 Å². The molecule has 6 heteroatoms. The molecule has 6 nitrogen and oxygen atoms in total. The number of carbonyl (C=O) groups is 2. The Labute approximate surface area is 114 Å². The number of amides is 2. The third-order valence-corrected chi connectivity index (χ3v) is 3.61. The molecule has 0 radical (unpaired) electrons. The predicted octanol–water partition coefficient (Wildman–Crippen LogP) is 0.975. The number of hydrogen-bond acceptors (Lipinski definition) is 3. The zero-order chi connectivity index (χ0) is 14.4. The Morgan fingerprint density at radius 1 is 1.47 bits per heavy atom. The highest BCUT2D eigenvalue weighted by Crippen LogP contribution is 2.13. The van der Waals surface area contributed by atoms with Crippen molar-refractivity contribution >= 4 is 12.0 Å². The maximum absolute atomic E-state index is 12.1. The summed E-state index contributed by atoms with van der Waals surface area (Å²) in [5.41, 5.74) is 0. The first kappa shape index (κ1) is 15.8. The molecule has 1 fully saturated rings. The molecular formula is C13H25N3O3. The van der Waals surface area contributed by atoms with E-state index in [9.17, 15) is 9.59 Å². The fraction of sp³-hybridized carbons (Fsp3) is 0.846. The molecule has 110 valence electrons. The summed E-state index contributed by atoms with van der Waals surface area (Å²) >= 11 is 0. The van der Waals surface area contributed by atoms with E-state index in [1.54, 1.807) is 4.90 Å². The zero-order valence-corrected chi connectivity index (χ0v) is 12.1. The van der Waals surface area contributed by atoms with Gasteiger partial charge in [-0.1, -0.05) is 0 Å². The van der Waals surface area contributed by atoms with Crippen molar-refractivity contribution < 1.29 is 14.7 Å². The van der Waals surface area contributed by atoms with Crippen LogP contribution in [0.15, 0.2) is 0 Å². The van der Waals surface area contributed by atoms with Crippen LogP contribution in [0.1, 0.15) is 33.1 Å². The van der Waals surface area contributed by atoms with Crippen LogP contribution in [-0.2, 0) is 4.79 Å². The van der Waals surface area contributed by atoms with Crippen molar-refractivity contribution in [2.24, 2.45) is 0 Å². The number of urea groups is 1. The summed E-state index contributed by atoms with van der Waals surface area (Å²) in [6.45, 7) is 5.74. The topological polar surface area (TPSA) is 72.9 Å². The Morgan fingerprint density at radius 3 is 2.63 bits per heavy atom. The molecule has 0 aromatic carbocycles. The SMILES string of the molecule is CC(C)N(CCC(=O)O)C(=O)NCC1CCCN1C. The Morgan fingerprint density at radius 2 is 2.16 bits per heavy atom. The lowest BCUT2D eigenvalue weighted by Gasteiger charge is -2.28. The number of nitrogens with zero attached hydrogens (tertiary/aromatic N) is 2. The van der Waals surface area contributed by atoms with E-state index in [0.717, 1.165) is 13.0 Å². The molecule has 1 aliphatic heterocycles. The molecule has 1 saturated heterocycles. The monoisotopic (exact) mass is 271 g/mol. The van der Waals surface area contributed by atoms with Crippen molar-refractivity contribution in [3.8, 4) is 0 Å². The van der Waals surface area contributed by atoms with Gasteiger partial charge in [-0.15, -0.1) is 0 Å². The number of rotatable bonds is 6. The lowest BCUT2D eigenvalue weighted by molar-refractivity contribution is -0.137. The average Bonchev–Trinajstić information content (AvgIpc) is 2.71. The molecule has 1 unspecified atom stereocenters. The molecule has 0 aromatic heterocycles. The van der Waals surface area contributed by atoms with E-state index in [0.29, 0.717) is 12.6 Å². The van der Waals surface area contributed by atoms with Gasteiger partial charge < -0.3 is 20.2 Å². The Bertz CT molecular complexity index is 320. The van der Waals surface area contributed by atoms with Crippen LogP contribution in [0.2, 0.25) is 0 Å². The molecule has 0 aromatic rings. The first-order chi connectivity index (χ1) is 8.91. The smallest absolute Gasteiger partial charge is 0.317 e. The Balaban J connectivity index is 2.40. The Hall–Kier alpha value is -1.30. The fourth-order valence-electron chi connectivity index (χ4n) is 2.35. The van der Waals surface area contributed by atoms with Gasteiger partial charge >= 0.3 is 12.0 Å². The van der Waals surface area contributed by atoms with E-state index in [4.69, 9.17) is 5.11 Å². The van der Waals surface area contributed by atoms with Gasteiger partial charge in [0.15, 0.2) is 0 Å². The van der Waals surface area contributed by atoms with Crippen LogP contribution in [0, 0.1) is 0 Å². The van der Waals surface area contributed by atoms with Crippen molar-refractivity contribution in [2.45, 2.75) is 45.2 Å². The lowest BCUT2D eigenvalue weighted by atomic mass is 10.2. The molecule has 1 heterocycles. The first-order valence-electron chi connectivity index (χ1n) is 6.88. The molecule has 0 saturated carbocycles. The molecular weight excluding hydrogens is 246 g/mol. The summed E-state index contributed by atoms with van der Waals surface area (Å²) in [5.74, 6) is -0.881. The quantitative estimate of drug-likeness (QED) is 0.755. The molecule has 0 spiro atoms. The van der Waals surface area contributed by atoms with Gasteiger partial charge in [-0.05, 0) is 40.3 Å². The van der Waals surface area contributed by atoms with Gasteiger partial charge in [-0.3, -0.25) is 4.79 Å². The lowest BCUT2D eigenvalue weighted by Crippen LogP contribution is -2.48. The minimum absolute atomic E-state index is 0.000609. The normalized spacial score (nSPS) is 19.7. The van der Waals surface area contributed by atoms with Crippen LogP contribution >= 0.6 is 0 Å². The van der Waals surface area contributed by atoms with Gasteiger partial charge in [0.25, 0.3) is 0 Å². The van der Waals surface area contributed by atoms with E-state index < -0.39 is 5.97 Å². The standard InChI is InChI=1S/C13H25N3O3/c1-10(2)16(8-6-12(17)18)13(19)14-9-11-5-4-7-15(11)3/h10-11H,4-9H2,1-3H3,(H,14,19)(H,17,18). The number of likely N-dealkylation sites (tertiary alicyclic amines) is 1. The van der Waals surface area contributed by atoms with Gasteiger partial charge in [-0.25, -0.2) is 4.79 Å². The van der Waals surface area contributed by atoms with Crippen LogP contribution in [-0.4, -0.2) is 65.7 Å². The van der Waals surface area contributed by atoms with E-state index >= 15 is 0 Å². The third kappa shape index (κ3) is 5.06. The maximum Gasteiger partial charge on any atom is 0.317 e. The van der Waals surface area contributed by atoms with Gasteiger partial charge in [0.05, 0.1) is 6.42 Å². The number of carboxylic acid groups (broad SMARTS) is 1. The number of likely N-dealkylation sites (N-methyl/N-ethyl adjacent to an activating group) is 1. The number of aliphatic carboxylic acids is 1. The minimum Gasteiger partial charge on any atom is -0.481 e. The summed E-state index contributed by atoms with van der Waals surface area (Å²) in [6.07, 6.45) is 2.26. The fourth-order valence-corrected chi connectivity index (χ4v) is 2.35. The van der Waals surface area contributed by atoms with Gasteiger partial charge in [-0.2, -0.15) is 0 Å². The van der Waals surface area contributed by atoms with Gasteiger partial charge in [0, 0.05) is 25.2 Å².